The van der Waals surface area contributed by atoms with Crippen LogP contribution in [0, 0.1) is 6.92 Å². The first-order valence-electron chi connectivity index (χ1n) is 10.9. The van der Waals surface area contributed by atoms with Crippen molar-refractivity contribution in [2.45, 2.75) is 23.7 Å². The summed E-state index contributed by atoms with van der Waals surface area (Å²) < 4.78 is 33.7. The molecule has 0 spiro atoms. The second-order valence-corrected chi connectivity index (χ2v) is 10.3. The molecule has 172 valence electrons. The van der Waals surface area contributed by atoms with E-state index in [1.54, 1.807) is 31.4 Å². The summed E-state index contributed by atoms with van der Waals surface area (Å²) in [6, 6.07) is 24.6. The van der Waals surface area contributed by atoms with Gasteiger partial charge in [-0.25, -0.2) is 0 Å². The van der Waals surface area contributed by atoms with Gasteiger partial charge < -0.3 is 10.5 Å². The van der Waals surface area contributed by atoms with E-state index in [0.29, 0.717) is 17.7 Å². The summed E-state index contributed by atoms with van der Waals surface area (Å²) in [5, 5.41) is 4.28. The third-order valence-electron chi connectivity index (χ3n) is 6.44. The van der Waals surface area contributed by atoms with E-state index in [0.717, 1.165) is 26.5 Å². The Labute approximate surface area is 199 Å². The number of fused-ring (bicyclic) bond motifs is 1. The Kier molecular flexibility index (Phi) is 5.29. The second kappa shape index (κ2) is 8.18. The van der Waals surface area contributed by atoms with Crippen molar-refractivity contribution in [2.24, 2.45) is 0 Å². The Bertz CT molecular complexity index is 1470. The number of nitrogens with zero attached hydrogens (tertiary/aromatic N) is 2. The quantitative estimate of drug-likeness (QED) is 0.461. The molecule has 6 nitrogen and oxygen atoms in total. The summed E-state index contributed by atoms with van der Waals surface area (Å²) in [6.45, 7) is 1.91. The molecule has 2 N–H and O–H groups in total. The first-order valence-corrected chi connectivity index (χ1v) is 12.4. The number of rotatable bonds is 5. The van der Waals surface area contributed by atoms with Crippen LogP contribution in [0.25, 0.3) is 6.08 Å². The smallest absolute Gasteiger partial charge is 0.283 e. The molecule has 7 heteroatoms. The van der Waals surface area contributed by atoms with Crippen molar-refractivity contribution in [2.75, 3.05) is 12.8 Å². The lowest BCUT2D eigenvalue weighted by Gasteiger charge is -2.35. The third-order valence-corrected chi connectivity index (χ3v) is 8.06. The zero-order valence-electron chi connectivity index (χ0n) is 19.0. The first kappa shape index (κ1) is 22.0. The van der Waals surface area contributed by atoms with Crippen molar-refractivity contribution < 1.29 is 13.2 Å². The predicted molar refractivity (Wildman–Crippen MR) is 133 cm³/mol. The molecule has 0 aliphatic heterocycles. The van der Waals surface area contributed by atoms with Crippen LogP contribution in [0.15, 0.2) is 89.8 Å². The van der Waals surface area contributed by atoms with Gasteiger partial charge in [-0.15, -0.1) is 5.10 Å². The SMILES string of the molecule is COc1ccc(C2(c3ccccc3)C=Cc3c(N)nn(S(=O)(=O)c4ccc(C)cc4)c3C2)cc1. The van der Waals surface area contributed by atoms with E-state index in [-0.39, 0.29) is 10.7 Å². The van der Waals surface area contributed by atoms with E-state index in [2.05, 4.69) is 23.3 Å². The number of aromatic nitrogens is 2. The predicted octanol–water partition coefficient (Wildman–Crippen LogP) is 4.57. The second-order valence-electron chi connectivity index (χ2n) is 8.48. The van der Waals surface area contributed by atoms with Gasteiger partial charge >= 0.3 is 0 Å². The normalized spacial score (nSPS) is 17.4. The van der Waals surface area contributed by atoms with E-state index in [1.807, 2.05) is 55.5 Å². The van der Waals surface area contributed by atoms with Crippen molar-refractivity contribution in [3.8, 4) is 5.75 Å². The van der Waals surface area contributed by atoms with Crippen LogP contribution in [-0.4, -0.2) is 24.7 Å². The zero-order chi connectivity index (χ0) is 23.9. The Balaban J connectivity index is 1.70. The zero-order valence-corrected chi connectivity index (χ0v) is 19.8. The molecule has 1 heterocycles. The van der Waals surface area contributed by atoms with Gasteiger partial charge in [-0.1, -0.05) is 72.3 Å². The van der Waals surface area contributed by atoms with Gasteiger partial charge in [0.2, 0.25) is 0 Å². The lowest BCUT2D eigenvalue weighted by molar-refractivity contribution is 0.414. The number of allylic oxidation sites excluding steroid dienone is 1. The molecule has 0 amide bonds. The number of nitrogens with two attached hydrogens (primary N) is 1. The third kappa shape index (κ3) is 3.49. The van der Waals surface area contributed by atoms with Gasteiger partial charge in [0.15, 0.2) is 5.82 Å². The Morgan fingerprint density at radius 2 is 1.59 bits per heavy atom. The van der Waals surface area contributed by atoms with Gasteiger partial charge in [-0.2, -0.15) is 12.5 Å². The molecule has 0 bridgehead atoms. The summed E-state index contributed by atoms with van der Waals surface area (Å²) in [4.78, 5) is 0.174. The number of hydrogen-bond donors (Lipinski definition) is 1. The standard InChI is InChI=1S/C27H25N3O3S/c1-19-8-14-23(15-9-19)34(31,32)30-25-18-27(20-6-4-3-5-7-20,17-16-24(25)26(28)29-30)21-10-12-22(33-2)13-11-21/h3-17H,18H2,1-2H3,(H2,28,29). The summed E-state index contributed by atoms with van der Waals surface area (Å²) in [7, 11) is -2.30. The maximum Gasteiger partial charge on any atom is 0.283 e. The van der Waals surface area contributed by atoms with Gasteiger partial charge in [0.1, 0.15) is 5.75 Å². The number of methoxy groups -OCH3 is 1. The highest BCUT2D eigenvalue weighted by Gasteiger charge is 2.39. The van der Waals surface area contributed by atoms with E-state index in [1.165, 1.54) is 0 Å². The summed E-state index contributed by atoms with van der Waals surface area (Å²) in [5.74, 6) is 0.946. The number of aryl methyl sites for hydroxylation is 1. The summed E-state index contributed by atoms with van der Waals surface area (Å²) >= 11 is 0. The fourth-order valence-corrected chi connectivity index (χ4v) is 5.88. The number of ether oxygens (including phenoxy) is 1. The lowest BCUT2D eigenvalue weighted by Crippen LogP contribution is -2.32. The molecule has 34 heavy (non-hydrogen) atoms. The molecule has 0 saturated heterocycles. The molecule has 3 aromatic carbocycles. The number of hydrogen-bond acceptors (Lipinski definition) is 5. The van der Waals surface area contributed by atoms with E-state index in [9.17, 15) is 8.42 Å². The molecule has 1 unspecified atom stereocenters. The molecule has 1 aliphatic rings. The van der Waals surface area contributed by atoms with E-state index in [4.69, 9.17) is 10.5 Å². The summed E-state index contributed by atoms with van der Waals surface area (Å²) in [6.07, 6.45) is 4.36. The average Bonchev–Trinajstić information content (AvgIpc) is 3.21. The van der Waals surface area contributed by atoms with Crippen molar-refractivity contribution in [3.05, 3.63) is 113 Å². The molecule has 0 saturated carbocycles. The van der Waals surface area contributed by atoms with Crippen molar-refractivity contribution in [1.82, 2.24) is 9.19 Å². The van der Waals surface area contributed by atoms with Crippen LogP contribution >= 0.6 is 0 Å². The van der Waals surface area contributed by atoms with Crippen LogP contribution in [0.5, 0.6) is 5.75 Å². The van der Waals surface area contributed by atoms with Gasteiger partial charge in [-0.05, 0) is 42.3 Å². The first-order chi connectivity index (χ1) is 16.3. The maximum atomic E-state index is 13.6. The Hall–Kier alpha value is -3.84. The molecule has 4 aromatic rings. The fourth-order valence-electron chi connectivity index (χ4n) is 4.55. The van der Waals surface area contributed by atoms with Crippen molar-refractivity contribution in [1.29, 1.82) is 0 Å². The van der Waals surface area contributed by atoms with Gasteiger partial charge in [0.05, 0.1) is 17.7 Å². The maximum absolute atomic E-state index is 13.6. The molecule has 5 rings (SSSR count). The molecule has 0 radical (unpaired) electrons. The fraction of sp³-hybridized carbons (Fsp3) is 0.148. The van der Waals surface area contributed by atoms with Crippen LogP contribution in [0.3, 0.4) is 0 Å². The number of nitrogen functional groups attached to an aromatic ring is 1. The highest BCUT2D eigenvalue weighted by Crippen LogP contribution is 2.43. The minimum Gasteiger partial charge on any atom is -0.497 e. The molecule has 1 atom stereocenters. The monoisotopic (exact) mass is 471 g/mol. The van der Waals surface area contributed by atoms with Crippen LogP contribution in [-0.2, 0) is 21.9 Å². The molecule has 1 aromatic heterocycles. The van der Waals surface area contributed by atoms with Crippen LogP contribution in [0.4, 0.5) is 5.82 Å². The highest BCUT2D eigenvalue weighted by molar-refractivity contribution is 7.89. The number of anilines is 1. The Morgan fingerprint density at radius 1 is 0.941 bits per heavy atom. The van der Waals surface area contributed by atoms with Gasteiger partial charge in [0.25, 0.3) is 10.0 Å². The van der Waals surface area contributed by atoms with Gasteiger partial charge in [-0.3, -0.25) is 0 Å². The van der Waals surface area contributed by atoms with Gasteiger partial charge in [0, 0.05) is 17.4 Å². The average molecular weight is 472 g/mol. The molecule has 0 fully saturated rings. The summed E-state index contributed by atoms with van der Waals surface area (Å²) in [5.41, 5.74) is 9.82. The van der Waals surface area contributed by atoms with Crippen LogP contribution in [0.2, 0.25) is 0 Å². The van der Waals surface area contributed by atoms with E-state index < -0.39 is 15.4 Å². The number of benzene rings is 3. The van der Waals surface area contributed by atoms with Crippen molar-refractivity contribution >= 4 is 21.9 Å². The van der Waals surface area contributed by atoms with Crippen LogP contribution in [0.1, 0.15) is 27.9 Å². The minimum absolute atomic E-state index is 0.174. The molecular weight excluding hydrogens is 446 g/mol. The van der Waals surface area contributed by atoms with E-state index >= 15 is 0 Å². The largest absolute Gasteiger partial charge is 0.497 e. The Morgan fingerprint density at radius 3 is 2.24 bits per heavy atom. The minimum atomic E-state index is -3.93. The lowest BCUT2D eigenvalue weighted by atomic mass is 9.68. The molecule has 1 aliphatic carbocycles. The molecular formula is C27H25N3O3S. The highest BCUT2D eigenvalue weighted by atomic mass is 32.2. The topological polar surface area (TPSA) is 87.2 Å². The van der Waals surface area contributed by atoms with Crippen molar-refractivity contribution in [3.63, 3.8) is 0 Å². The van der Waals surface area contributed by atoms with Crippen LogP contribution < -0.4 is 10.5 Å².